The normalized spacial score (nSPS) is 23.2. The Morgan fingerprint density at radius 3 is 2.68 bits per heavy atom. The van der Waals surface area contributed by atoms with Crippen LogP contribution in [0.3, 0.4) is 0 Å². The summed E-state index contributed by atoms with van der Waals surface area (Å²) in [4.78, 5) is 39.0. The molecule has 1 aliphatic heterocycles. The molecule has 1 N–H and O–H groups in total. The van der Waals surface area contributed by atoms with Gasteiger partial charge < -0.3 is 14.8 Å². The highest BCUT2D eigenvalue weighted by atomic mass is 32.1. The molecule has 152 valence electrons. The number of nitrogens with one attached hydrogen (secondary N) is 1. The van der Waals surface area contributed by atoms with Crippen LogP contribution >= 0.6 is 11.3 Å². The number of fused-ring (bicyclic) bond motifs is 1. The molecule has 6 nitrogen and oxygen atoms in total. The maximum Gasteiger partial charge on any atom is 0.341 e. The average Bonchev–Trinajstić information content (AvgIpc) is 3.19. The third kappa shape index (κ3) is 3.45. The first kappa shape index (κ1) is 19.4. The molecule has 1 aromatic heterocycles. The van der Waals surface area contributed by atoms with Crippen LogP contribution in [0.5, 0.6) is 0 Å². The van der Waals surface area contributed by atoms with E-state index in [9.17, 15) is 14.4 Å². The fraction of sp³-hybridized carbons (Fsp3) is 0.667. The van der Waals surface area contributed by atoms with E-state index in [1.54, 1.807) is 6.92 Å². The molecule has 7 heteroatoms. The Morgan fingerprint density at radius 1 is 1.18 bits per heavy atom. The average molecular weight is 406 g/mol. The van der Waals surface area contributed by atoms with Crippen LogP contribution in [0, 0.1) is 5.92 Å². The molecule has 3 aliphatic rings. The van der Waals surface area contributed by atoms with Crippen LogP contribution in [0.25, 0.3) is 0 Å². The predicted octanol–water partition coefficient (Wildman–Crippen LogP) is 4.01. The number of thiophene rings is 1. The van der Waals surface area contributed by atoms with E-state index < -0.39 is 11.5 Å². The quantitative estimate of drug-likeness (QED) is 0.766. The van der Waals surface area contributed by atoms with Crippen molar-refractivity contribution in [2.24, 2.45) is 5.92 Å². The minimum absolute atomic E-state index is 0.117. The molecule has 28 heavy (non-hydrogen) atoms. The van der Waals surface area contributed by atoms with E-state index in [1.807, 2.05) is 0 Å². The Balaban J connectivity index is 1.61. The van der Waals surface area contributed by atoms with Gasteiger partial charge in [-0.1, -0.05) is 6.42 Å². The first-order valence-corrected chi connectivity index (χ1v) is 11.2. The molecule has 1 atom stereocenters. The second-order valence-corrected chi connectivity index (χ2v) is 9.09. The van der Waals surface area contributed by atoms with Gasteiger partial charge in [-0.2, -0.15) is 0 Å². The Morgan fingerprint density at radius 2 is 1.93 bits per heavy atom. The molecule has 2 aliphatic carbocycles. The van der Waals surface area contributed by atoms with Gasteiger partial charge >= 0.3 is 11.9 Å². The summed E-state index contributed by atoms with van der Waals surface area (Å²) in [6.07, 6.45) is 8.54. The van der Waals surface area contributed by atoms with E-state index >= 15 is 0 Å². The van der Waals surface area contributed by atoms with Crippen LogP contribution in [-0.2, 0) is 31.9 Å². The highest BCUT2D eigenvalue weighted by Gasteiger charge is 2.53. The van der Waals surface area contributed by atoms with Gasteiger partial charge in [0.05, 0.1) is 24.5 Å². The van der Waals surface area contributed by atoms with Crippen LogP contribution < -0.4 is 5.32 Å². The van der Waals surface area contributed by atoms with Gasteiger partial charge in [0.25, 0.3) is 0 Å². The first-order chi connectivity index (χ1) is 13.5. The van der Waals surface area contributed by atoms with Crippen molar-refractivity contribution in [2.45, 2.75) is 76.7 Å². The van der Waals surface area contributed by atoms with E-state index in [2.05, 4.69) is 5.32 Å². The van der Waals surface area contributed by atoms with Crippen molar-refractivity contribution < 1.29 is 23.9 Å². The summed E-state index contributed by atoms with van der Waals surface area (Å²) < 4.78 is 10.9. The largest absolute Gasteiger partial charge is 0.462 e. The summed E-state index contributed by atoms with van der Waals surface area (Å²) in [5.74, 6) is -1.37. The van der Waals surface area contributed by atoms with Gasteiger partial charge in [0.1, 0.15) is 10.6 Å². The molecule has 0 unspecified atom stereocenters. The maximum atomic E-state index is 13.2. The Bertz CT molecular complexity index is 793. The summed E-state index contributed by atoms with van der Waals surface area (Å²) in [6.45, 7) is 2.08. The lowest BCUT2D eigenvalue weighted by Gasteiger charge is -2.35. The summed E-state index contributed by atoms with van der Waals surface area (Å²) in [6, 6.07) is 0. The zero-order chi connectivity index (χ0) is 19.7. The second-order valence-electron chi connectivity index (χ2n) is 7.98. The first-order valence-electron chi connectivity index (χ1n) is 10.4. The highest BCUT2D eigenvalue weighted by molar-refractivity contribution is 7.17. The van der Waals surface area contributed by atoms with Crippen molar-refractivity contribution in [1.29, 1.82) is 0 Å². The van der Waals surface area contributed by atoms with Crippen molar-refractivity contribution in [3.63, 3.8) is 0 Å². The predicted molar refractivity (Wildman–Crippen MR) is 106 cm³/mol. The molecule has 4 rings (SSSR count). The van der Waals surface area contributed by atoms with Gasteiger partial charge in [-0.25, -0.2) is 4.79 Å². The van der Waals surface area contributed by atoms with Crippen molar-refractivity contribution in [1.82, 2.24) is 0 Å². The maximum absolute atomic E-state index is 13.2. The van der Waals surface area contributed by atoms with Gasteiger partial charge in [-0.3, -0.25) is 9.59 Å². The van der Waals surface area contributed by atoms with Crippen molar-refractivity contribution in [3.8, 4) is 0 Å². The van der Waals surface area contributed by atoms with Crippen molar-refractivity contribution >= 4 is 34.2 Å². The van der Waals surface area contributed by atoms with Crippen molar-refractivity contribution in [3.05, 3.63) is 16.0 Å². The minimum Gasteiger partial charge on any atom is -0.462 e. The lowest BCUT2D eigenvalue weighted by Crippen LogP contribution is -2.43. The molecule has 1 spiro atoms. The Labute approximate surface area is 169 Å². The lowest BCUT2D eigenvalue weighted by atomic mass is 9.75. The third-order valence-corrected chi connectivity index (χ3v) is 7.43. The van der Waals surface area contributed by atoms with Crippen LogP contribution in [0.15, 0.2) is 0 Å². The molecule has 0 aromatic carbocycles. The van der Waals surface area contributed by atoms with Gasteiger partial charge in [0, 0.05) is 4.88 Å². The molecule has 2 heterocycles. The number of anilines is 1. The van der Waals surface area contributed by atoms with Crippen molar-refractivity contribution in [2.75, 3.05) is 11.9 Å². The zero-order valence-corrected chi connectivity index (χ0v) is 17.1. The number of ether oxygens (including phenoxy) is 2. The minimum atomic E-state index is -0.666. The molecule has 1 amide bonds. The molecule has 0 bridgehead atoms. The van der Waals surface area contributed by atoms with Gasteiger partial charge in [-0.05, 0) is 63.9 Å². The number of hydrogen-bond donors (Lipinski definition) is 1. The third-order valence-electron chi connectivity index (χ3n) is 6.23. The fourth-order valence-corrected chi connectivity index (χ4v) is 6.18. The molecular weight excluding hydrogens is 378 g/mol. The monoisotopic (exact) mass is 405 g/mol. The second kappa shape index (κ2) is 7.85. The van der Waals surface area contributed by atoms with Crippen LogP contribution in [-0.4, -0.2) is 30.1 Å². The van der Waals surface area contributed by atoms with Crippen LogP contribution in [0.4, 0.5) is 5.00 Å². The standard InChI is InChI=1S/C21H27NO5S/c1-2-26-20(25)17-13-8-4-5-9-15(13)28-19(17)22-18(24)14-12-16(23)27-21(14)10-6-3-7-11-21/h14H,2-12H2,1H3,(H,22,24)/t14-/m0/s1. The molecule has 2 fully saturated rings. The number of carbonyl (C=O) groups excluding carboxylic acids is 3. The Kier molecular flexibility index (Phi) is 5.45. The summed E-state index contributed by atoms with van der Waals surface area (Å²) in [5.41, 5.74) is 0.870. The molecular formula is C21H27NO5S. The number of hydrogen-bond acceptors (Lipinski definition) is 6. The fourth-order valence-electron chi connectivity index (χ4n) is 4.90. The van der Waals surface area contributed by atoms with Gasteiger partial charge in [-0.15, -0.1) is 11.3 Å². The highest BCUT2D eigenvalue weighted by Crippen LogP contribution is 2.45. The van der Waals surface area contributed by atoms with Crippen LogP contribution in [0.2, 0.25) is 0 Å². The van der Waals surface area contributed by atoms with Crippen LogP contribution in [0.1, 0.15) is 79.1 Å². The number of rotatable bonds is 4. The lowest BCUT2D eigenvalue weighted by molar-refractivity contribution is -0.153. The summed E-state index contributed by atoms with van der Waals surface area (Å²) in [7, 11) is 0. The number of aryl methyl sites for hydroxylation is 1. The topological polar surface area (TPSA) is 81.7 Å². The number of esters is 2. The number of amides is 1. The molecule has 1 saturated carbocycles. The Hall–Kier alpha value is -1.89. The van der Waals surface area contributed by atoms with E-state index in [4.69, 9.17) is 9.47 Å². The molecule has 1 saturated heterocycles. The zero-order valence-electron chi connectivity index (χ0n) is 16.3. The SMILES string of the molecule is CCOC(=O)c1c(NC(=O)[C@@H]2CC(=O)OC23CCCCC3)sc2c1CCCC2. The number of carbonyl (C=O) groups is 3. The smallest absolute Gasteiger partial charge is 0.341 e. The van der Waals surface area contributed by atoms with Gasteiger partial charge in [0.2, 0.25) is 5.91 Å². The van der Waals surface area contributed by atoms with E-state index in [1.165, 1.54) is 11.3 Å². The van der Waals surface area contributed by atoms with Gasteiger partial charge in [0.15, 0.2) is 0 Å². The summed E-state index contributed by atoms with van der Waals surface area (Å²) >= 11 is 1.48. The van der Waals surface area contributed by atoms with E-state index in [0.29, 0.717) is 17.2 Å². The summed E-state index contributed by atoms with van der Waals surface area (Å²) in [5, 5.41) is 3.56. The van der Waals surface area contributed by atoms with E-state index in [-0.39, 0.29) is 24.3 Å². The molecule has 1 aromatic rings. The molecule has 0 radical (unpaired) electrons. The van der Waals surface area contributed by atoms with E-state index in [0.717, 1.165) is 68.2 Å².